The van der Waals surface area contributed by atoms with Gasteiger partial charge in [0.15, 0.2) is 11.5 Å². The molecular formula is C7H8N2O3. The normalized spacial score (nSPS) is 9.33. The maximum atomic E-state index is 10.3. The lowest BCUT2D eigenvalue weighted by Gasteiger charge is -2.03. The number of nitrogens with two attached hydrogens (primary N) is 2. The highest BCUT2D eigenvalue weighted by Gasteiger charge is 2.04. The van der Waals surface area contributed by atoms with Gasteiger partial charge in [-0.3, -0.25) is 0 Å². The molecule has 0 unspecified atom stereocenters. The van der Waals surface area contributed by atoms with Crippen LogP contribution < -0.4 is 16.2 Å². The Morgan fingerprint density at radius 3 is 2.75 bits per heavy atom. The lowest BCUT2D eigenvalue weighted by atomic mass is 10.3. The zero-order chi connectivity index (χ0) is 9.14. The SMILES string of the molecule is NC(=O)Oc1cc(N)ccc1O. The van der Waals surface area contributed by atoms with Crippen LogP contribution in [0.3, 0.4) is 0 Å². The lowest BCUT2D eigenvalue weighted by molar-refractivity contribution is 0.209. The number of phenolic OH excluding ortho intramolecular Hbond substituents is 1. The fraction of sp³-hybridized carbons (Fsp3) is 0. The first kappa shape index (κ1) is 8.19. The van der Waals surface area contributed by atoms with Crippen LogP contribution in [0, 0.1) is 0 Å². The van der Waals surface area contributed by atoms with Crippen LogP contribution in [-0.4, -0.2) is 11.2 Å². The van der Waals surface area contributed by atoms with Crippen molar-refractivity contribution in [1.29, 1.82) is 0 Å². The van der Waals surface area contributed by atoms with E-state index >= 15 is 0 Å². The number of anilines is 1. The summed E-state index contributed by atoms with van der Waals surface area (Å²) in [6, 6.07) is 4.09. The number of nitrogen functional groups attached to an aromatic ring is 1. The monoisotopic (exact) mass is 168 g/mol. The fourth-order valence-corrected chi connectivity index (χ4v) is 0.721. The van der Waals surface area contributed by atoms with Crippen LogP contribution in [0.2, 0.25) is 0 Å². The van der Waals surface area contributed by atoms with Crippen molar-refractivity contribution in [3.05, 3.63) is 18.2 Å². The van der Waals surface area contributed by atoms with E-state index in [1.807, 2.05) is 0 Å². The Morgan fingerprint density at radius 2 is 2.17 bits per heavy atom. The summed E-state index contributed by atoms with van der Waals surface area (Å²) in [7, 11) is 0. The summed E-state index contributed by atoms with van der Waals surface area (Å²) in [6.45, 7) is 0. The molecule has 0 fully saturated rings. The van der Waals surface area contributed by atoms with Crippen LogP contribution >= 0.6 is 0 Å². The van der Waals surface area contributed by atoms with Gasteiger partial charge in [-0.1, -0.05) is 0 Å². The second kappa shape index (κ2) is 3.00. The fourth-order valence-electron chi connectivity index (χ4n) is 0.721. The van der Waals surface area contributed by atoms with Gasteiger partial charge in [-0.2, -0.15) is 0 Å². The van der Waals surface area contributed by atoms with Gasteiger partial charge in [-0.15, -0.1) is 0 Å². The number of carbonyl (C=O) groups is 1. The number of benzene rings is 1. The third-order valence-corrected chi connectivity index (χ3v) is 1.19. The van der Waals surface area contributed by atoms with E-state index in [0.29, 0.717) is 5.69 Å². The quantitative estimate of drug-likeness (QED) is 0.418. The summed E-state index contributed by atoms with van der Waals surface area (Å²) in [6.07, 6.45) is -0.990. The van der Waals surface area contributed by atoms with E-state index in [4.69, 9.17) is 16.6 Å². The molecule has 0 aromatic heterocycles. The highest BCUT2D eigenvalue weighted by molar-refractivity contribution is 5.70. The van der Waals surface area contributed by atoms with Gasteiger partial charge < -0.3 is 21.3 Å². The van der Waals surface area contributed by atoms with Crippen molar-refractivity contribution < 1.29 is 14.6 Å². The number of rotatable bonds is 1. The first-order chi connectivity index (χ1) is 5.59. The Morgan fingerprint density at radius 1 is 1.50 bits per heavy atom. The number of primary amides is 1. The molecule has 0 atom stereocenters. The molecule has 0 spiro atoms. The van der Waals surface area contributed by atoms with Crippen molar-refractivity contribution in [1.82, 2.24) is 0 Å². The highest BCUT2D eigenvalue weighted by atomic mass is 16.6. The Balaban J connectivity index is 2.97. The molecular weight excluding hydrogens is 160 g/mol. The number of carbonyl (C=O) groups excluding carboxylic acids is 1. The zero-order valence-corrected chi connectivity index (χ0v) is 6.15. The van der Waals surface area contributed by atoms with Gasteiger partial charge in [-0.05, 0) is 12.1 Å². The van der Waals surface area contributed by atoms with Gasteiger partial charge in [0.1, 0.15) is 0 Å². The van der Waals surface area contributed by atoms with Gasteiger partial charge >= 0.3 is 6.09 Å². The maximum absolute atomic E-state index is 10.3. The van der Waals surface area contributed by atoms with Crippen molar-refractivity contribution >= 4 is 11.8 Å². The van der Waals surface area contributed by atoms with Crippen molar-refractivity contribution in [2.45, 2.75) is 0 Å². The van der Waals surface area contributed by atoms with Crippen molar-refractivity contribution in [2.24, 2.45) is 5.73 Å². The van der Waals surface area contributed by atoms with Crippen LogP contribution in [0.25, 0.3) is 0 Å². The third-order valence-electron chi connectivity index (χ3n) is 1.19. The summed E-state index contributed by atoms with van der Waals surface area (Å²) >= 11 is 0. The van der Waals surface area contributed by atoms with E-state index in [2.05, 4.69) is 4.74 Å². The van der Waals surface area contributed by atoms with E-state index in [1.165, 1.54) is 18.2 Å². The van der Waals surface area contributed by atoms with Gasteiger partial charge in [0.05, 0.1) is 0 Å². The molecule has 1 rings (SSSR count). The standard InChI is InChI=1S/C7H8N2O3/c8-4-1-2-5(10)6(3-4)12-7(9)11/h1-3,10H,8H2,(H2,9,11). The molecule has 0 aliphatic heterocycles. The van der Waals surface area contributed by atoms with Gasteiger partial charge in [-0.25, -0.2) is 4.79 Å². The number of phenols is 1. The Hall–Kier alpha value is -1.91. The maximum Gasteiger partial charge on any atom is 0.410 e. The van der Waals surface area contributed by atoms with Gasteiger partial charge in [0.2, 0.25) is 0 Å². The minimum atomic E-state index is -0.990. The number of amides is 1. The highest BCUT2D eigenvalue weighted by Crippen LogP contribution is 2.27. The predicted molar refractivity (Wildman–Crippen MR) is 42.7 cm³/mol. The van der Waals surface area contributed by atoms with E-state index in [-0.39, 0.29) is 11.5 Å². The van der Waals surface area contributed by atoms with E-state index < -0.39 is 6.09 Å². The molecule has 0 bridgehead atoms. The number of hydrogen-bond acceptors (Lipinski definition) is 4. The third kappa shape index (κ3) is 1.79. The summed E-state index contributed by atoms with van der Waals surface area (Å²) in [5.74, 6) is -0.217. The average molecular weight is 168 g/mol. The molecule has 0 aliphatic rings. The van der Waals surface area contributed by atoms with Crippen LogP contribution in [-0.2, 0) is 0 Å². The smallest absolute Gasteiger partial charge is 0.410 e. The molecule has 0 radical (unpaired) electrons. The summed E-state index contributed by atoms with van der Waals surface area (Å²) in [4.78, 5) is 10.3. The van der Waals surface area contributed by atoms with Crippen molar-refractivity contribution in [2.75, 3.05) is 5.73 Å². The van der Waals surface area contributed by atoms with E-state index in [9.17, 15) is 4.79 Å². The Bertz CT molecular complexity index is 312. The van der Waals surface area contributed by atoms with Crippen LogP contribution in [0.1, 0.15) is 0 Å². The molecule has 12 heavy (non-hydrogen) atoms. The van der Waals surface area contributed by atoms with Crippen LogP contribution in [0.15, 0.2) is 18.2 Å². The molecule has 1 aromatic rings. The summed E-state index contributed by atoms with van der Waals surface area (Å²) in [5, 5.41) is 9.10. The van der Waals surface area contributed by atoms with Crippen molar-refractivity contribution in [3.63, 3.8) is 0 Å². The van der Waals surface area contributed by atoms with Crippen molar-refractivity contribution in [3.8, 4) is 11.5 Å². The molecule has 64 valence electrons. The van der Waals surface area contributed by atoms with E-state index in [0.717, 1.165) is 0 Å². The average Bonchev–Trinajstić information content (AvgIpc) is 1.96. The first-order valence-corrected chi connectivity index (χ1v) is 3.15. The van der Waals surface area contributed by atoms with Gasteiger partial charge in [0, 0.05) is 11.8 Å². The zero-order valence-electron chi connectivity index (χ0n) is 6.15. The van der Waals surface area contributed by atoms with Gasteiger partial charge in [0.25, 0.3) is 0 Å². The molecule has 5 heteroatoms. The Kier molecular flexibility index (Phi) is 2.05. The number of aromatic hydroxyl groups is 1. The molecule has 0 aliphatic carbocycles. The topological polar surface area (TPSA) is 98.6 Å². The molecule has 5 N–H and O–H groups in total. The molecule has 0 heterocycles. The molecule has 1 aromatic carbocycles. The molecule has 1 amide bonds. The molecule has 5 nitrogen and oxygen atoms in total. The molecule has 0 saturated carbocycles. The largest absolute Gasteiger partial charge is 0.504 e. The minimum absolute atomic E-state index is 0.0394. The minimum Gasteiger partial charge on any atom is -0.504 e. The number of ether oxygens (including phenoxy) is 1. The van der Waals surface area contributed by atoms with Crippen LogP contribution in [0.5, 0.6) is 11.5 Å². The predicted octanol–water partition coefficient (Wildman–Crippen LogP) is 0.432. The second-order valence-corrected chi connectivity index (χ2v) is 2.15. The van der Waals surface area contributed by atoms with E-state index in [1.54, 1.807) is 0 Å². The second-order valence-electron chi connectivity index (χ2n) is 2.15. The lowest BCUT2D eigenvalue weighted by Crippen LogP contribution is -2.16. The summed E-state index contributed by atoms with van der Waals surface area (Å²) < 4.78 is 4.43. The molecule has 0 saturated heterocycles. The number of hydrogen-bond donors (Lipinski definition) is 3. The van der Waals surface area contributed by atoms with Crippen LogP contribution in [0.4, 0.5) is 10.5 Å². The first-order valence-electron chi connectivity index (χ1n) is 3.15. The summed E-state index contributed by atoms with van der Waals surface area (Å²) in [5.41, 5.74) is 10.5. The Labute approximate surface area is 68.5 Å².